The van der Waals surface area contributed by atoms with Crippen LogP contribution in [0.2, 0.25) is 0 Å². The molecule has 2 unspecified atom stereocenters. The monoisotopic (exact) mass is 322 g/mol. The van der Waals surface area contributed by atoms with Crippen molar-refractivity contribution in [3.63, 3.8) is 0 Å². The zero-order chi connectivity index (χ0) is 16.7. The summed E-state index contributed by atoms with van der Waals surface area (Å²) in [7, 11) is 1.73. The van der Waals surface area contributed by atoms with Gasteiger partial charge in [0.15, 0.2) is 0 Å². The Morgan fingerprint density at radius 2 is 1.79 bits per heavy atom. The maximum atomic E-state index is 12.9. The topological polar surface area (TPSA) is 49.9 Å². The molecule has 2 aliphatic heterocycles. The van der Waals surface area contributed by atoms with Crippen molar-refractivity contribution in [1.29, 1.82) is 0 Å². The number of para-hydroxylation sites is 2. The summed E-state index contributed by atoms with van der Waals surface area (Å²) in [6.45, 7) is 0.423. The van der Waals surface area contributed by atoms with E-state index >= 15 is 0 Å². The second kappa shape index (κ2) is 5.67. The van der Waals surface area contributed by atoms with E-state index in [0.29, 0.717) is 24.3 Å². The molecule has 0 saturated carbocycles. The van der Waals surface area contributed by atoms with Crippen molar-refractivity contribution < 1.29 is 14.3 Å². The zero-order valence-electron chi connectivity index (χ0n) is 13.4. The van der Waals surface area contributed by atoms with Crippen LogP contribution in [0.15, 0.2) is 54.6 Å². The second-order valence-electron chi connectivity index (χ2n) is 6.18. The van der Waals surface area contributed by atoms with Crippen molar-refractivity contribution in [3.8, 4) is 5.75 Å². The maximum Gasteiger partial charge on any atom is 0.254 e. The van der Waals surface area contributed by atoms with Gasteiger partial charge in [0, 0.05) is 19.0 Å². The van der Waals surface area contributed by atoms with E-state index in [9.17, 15) is 9.59 Å². The van der Waals surface area contributed by atoms with E-state index in [1.54, 1.807) is 29.0 Å². The number of rotatable bonds is 1. The highest BCUT2D eigenvalue weighted by atomic mass is 16.5. The van der Waals surface area contributed by atoms with Gasteiger partial charge in [-0.25, -0.2) is 0 Å². The third-order valence-electron chi connectivity index (χ3n) is 4.68. The highest BCUT2D eigenvalue weighted by molar-refractivity contribution is 6.03. The van der Waals surface area contributed by atoms with Crippen LogP contribution in [-0.4, -0.2) is 42.5 Å². The summed E-state index contributed by atoms with van der Waals surface area (Å²) in [5.74, 6) is 0.489. The zero-order valence-corrected chi connectivity index (χ0v) is 13.4. The lowest BCUT2D eigenvalue weighted by atomic mass is 10.1. The van der Waals surface area contributed by atoms with Gasteiger partial charge < -0.3 is 14.5 Å². The van der Waals surface area contributed by atoms with Crippen LogP contribution in [0.25, 0.3) is 0 Å². The van der Waals surface area contributed by atoms with Crippen LogP contribution in [0.3, 0.4) is 0 Å². The minimum Gasteiger partial charge on any atom is -0.486 e. The van der Waals surface area contributed by atoms with Gasteiger partial charge in [-0.3, -0.25) is 9.59 Å². The molecule has 1 saturated heterocycles. The van der Waals surface area contributed by atoms with E-state index in [1.165, 1.54) is 0 Å². The molecular weight excluding hydrogens is 304 g/mol. The summed E-state index contributed by atoms with van der Waals surface area (Å²) in [6, 6.07) is 16.1. The minimum absolute atomic E-state index is 0.0717. The molecule has 5 heteroatoms. The van der Waals surface area contributed by atoms with Gasteiger partial charge in [-0.15, -0.1) is 0 Å². The number of ether oxygens (including phenoxy) is 1. The number of fused-ring (bicyclic) bond motifs is 3. The third kappa shape index (κ3) is 2.33. The molecule has 0 aliphatic carbocycles. The fourth-order valence-electron chi connectivity index (χ4n) is 3.44. The van der Waals surface area contributed by atoms with Crippen LogP contribution < -0.4 is 9.64 Å². The molecule has 0 spiro atoms. The van der Waals surface area contributed by atoms with Gasteiger partial charge in [0.1, 0.15) is 17.9 Å². The van der Waals surface area contributed by atoms with E-state index in [4.69, 9.17) is 4.74 Å². The average molecular weight is 322 g/mol. The molecule has 1 fully saturated rings. The number of carbonyl (C=O) groups is 2. The molecule has 24 heavy (non-hydrogen) atoms. The molecular formula is C19H18N2O3. The van der Waals surface area contributed by atoms with Gasteiger partial charge in [0.25, 0.3) is 5.91 Å². The lowest BCUT2D eigenvalue weighted by molar-refractivity contribution is -0.122. The van der Waals surface area contributed by atoms with Crippen molar-refractivity contribution in [2.75, 3.05) is 18.5 Å². The van der Waals surface area contributed by atoms with Crippen molar-refractivity contribution >= 4 is 17.5 Å². The van der Waals surface area contributed by atoms with Crippen LogP contribution >= 0.6 is 0 Å². The van der Waals surface area contributed by atoms with Gasteiger partial charge in [-0.1, -0.05) is 30.3 Å². The normalized spacial score (nSPS) is 22.5. The third-order valence-corrected chi connectivity index (χ3v) is 4.68. The number of carbonyl (C=O) groups excluding carboxylic acids is 2. The van der Waals surface area contributed by atoms with Crippen LogP contribution in [0, 0.1) is 0 Å². The molecule has 2 aromatic rings. The van der Waals surface area contributed by atoms with Crippen LogP contribution in [0.4, 0.5) is 5.69 Å². The largest absolute Gasteiger partial charge is 0.486 e. The Morgan fingerprint density at radius 3 is 2.58 bits per heavy atom. The molecule has 2 aromatic carbocycles. The first-order chi connectivity index (χ1) is 11.6. The summed E-state index contributed by atoms with van der Waals surface area (Å²) in [5.41, 5.74) is 1.33. The first-order valence-electron chi connectivity index (χ1n) is 8.04. The molecule has 2 aliphatic rings. The van der Waals surface area contributed by atoms with Crippen LogP contribution in [-0.2, 0) is 4.79 Å². The van der Waals surface area contributed by atoms with Crippen molar-refractivity contribution in [2.45, 2.75) is 18.6 Å². The molecule has 2 bridgehead atoms. The van der Waals surface area contributed by atoms with Crippen molar-refractivity contribution in [3.05, 3.63) is 60.2 Å². The Hall–Kier alpha value is -2.82. The lowest BCUT2D eigenvalue weighted by Gasteiger charge is -2.29. The molecule has 0 radical (unpaired) electrons. The van der Waals surface area contributed by atoms with Gasteiger partial charge in [-0.05, 0) is 24.3 Å². The van der Waals surface area contributed by atoms with Crippen LogP contribution in [0.5, 0.6) is 5.75 Å². The number of amides is 2. The molecule has 4 rings (SSSR count). The highest BCUT2D eigenvalue weighted by Crippen LogP contribution is 2.35. The van der Waals surface area contributed by atoms with E-state index in [0.717, 1.165) is 5.69 Å². The molecule has 5 nitrogen and oxygen atoms in total. The Bertz CT molecular complexity index is 790. The minimum atomic E-state index is -0.485. The number of hydrogen-bond acceptors (Lipinski definition) is 3. The molecule has 2 atom stereocenters. The number of nitrogens with zero attached hydrogens (tertiary/aromatic N) is 2. The summed E-state index contributed by atoms with van der Waals surface area (Å²) in [4.78, 5) is 29.0. The van der Waals surface area contributed by atoms with E-state index < -0.39 is 6.04 Å². The summed E-state index contributed by atoms with van der Waals surface area (Å²) in [5, 5.41) is 0. The number of benzene rings is 2. The van der Waals surface area contributed by atoms with Gasteiger partial charge in [0.2, 0.25) is 5.91 Å². The number of hydrogen-bond donors (Lipinski definition) is 0. The van der Waals surface area contributed by atoms with Crippen molar-refractivity contribution in [2.24, 2.45) is 0 Å². The average Bonchev–Trinajstić information content (AvgIpc) is 3.05. The summed E-state index contributed by atoms with van der Waals surface area (Å²) in [6.07, 6.45) is 0.359. The molecule has 0 aromatic heterocycles. The quantitative estimate of drug-likeness (QED) is 0.810. The Morgan fingerprint density at radius 1 is 1.08 bits per heavy atom. The second-order valence-corrected chi connectivity index (χ2v) is 6.18. The molecule has 2 heterocycles. The fourth-order valence-corrected chi connectivity index (χ4v) is 3.44. The Labute approximate surface area is 140 Å². The Balaban J connectivity index is 1.69. The predicted octanol–water partition coefficient (Wildman–Crippen LogP) is 2.33. The fraction of sp³-hybridized carbons (Fsp3) is 0.263. The van der Waals surface area contributed by atoms with Crippen LogP contribution in [0.1, 0.15) is 16.8 Å². The van der Waals surface area contributed by atoms with E-state index in [2.05, 4.69) is 0 Å². The molecule has 2 amide bonds. The number of likely N-dealkylation sites (tertiary alicyclic amines) is 1. The predicted molar refractivity (Wildman–Crippen MR) is 90.2 cm³/mol. The standard InChI is InChI=1S/C19H18N2O3/c1-20-15-9-5-6-10-17(15)24-14-11-16(19(20)23)21(12-14)18(22)13-7-3-2-4-8-13/h2-10,14,16H,11-12H2,1H3. The lowest BCUT2D eigenvalue weighted by Crippen LogP contribution is -2.46. The molecule has 122 valence electrons. The summed E-state index contributed by atoms with van der Waals surface area (Å²) >= 11 is 0. The van der Waals surface area contributed by atoms with Crippen molar-refractivity contribution in [1.82, 2.24) is 4.90 Å². The SMILES string of the molecule is CN1C(=O)C2CC(CN2C(=O)c2ccccc2)Oc2ccccc21. The van der Waals surface area contributed by atoms with Gasteiger partial charge in [-0.2, -0.15) is 0 Å². The smallest absolute Gasteiger partial charge is 0.254 e. The first kappa shape index (κ1) is 14.8. The summed E-state index contributed by atoms with van der Waals surface area (Å²) < 4.78 is 6.07. The highest BCUT2D eigenvalue weighted by Gasteiger charge is 2.44. The maximum absolute atomic E-state index is 12.9. The van der Waals surface area contributed by atoms with Gasteiger partial charge >= 0.3 is 0 Å². The first-order valence-corrected chi connectivity index (χ1v) is 8.04. The van der Waals surface area contributed by atoms with Gasteiger partial charge in [0.05, 0.1) is 12.2 Å². The Kier molecular flexibility index (Phi) is 3.49. The number of anilines is 1. The van der Waals surface area contributed by atoms with E-state index in [1.807, 2.05) is 42.5 Å². The number of likely N-dealkylation sites (N-methyl/N-ethyl adjacent to an activating group) is 1. The molecule has 0 N–H and O–H groups in total. The van der Waals surface area contributed by atoms with E-state index in [-0.39, 0.29) is 17.9 Å².